The smallest absolute Gasteiger partial charge is 0.131 e. The Morgan fingerprint density at radius 2 is 0.481 bits per heavy atom. The Balaban J connectivity index is 2.03. The Morgan fingerprint density at radius 3 is 0.611 bits per heavy atom. The molecule has 0 saturated carbocycles. The zero-order valence-corrected chi connectivity index (χ0v) is 37.2. The number of hydrogen-bond donors (Lipinski definition) is 0. The first-order chi connectivity index (χ1) is 24.5. The van der Waals surface area contributed by atoms with E-state index in [1.807, 2.05) is 0 Å². The molecule has 0 spiro atoms. The lowest BCUT2D eigenvalue weighted by molar-refractivity contribution is 0.0708. The summed E-state index contributed by atoms with van der Waals surface area (Å²) in [5.74, 6) is 2.45. The van der Waals surface area contributed by atoms with Gasteiger partial charge in [0.15, 0.2) is 0 Å². The van der Waals surface area contributed by atoms with Crippen molar-refractivity contribution in [3.8, 4) is 17.2 Å². The molecule has 3 aromatic carbocycles. The van der Waals surface area contributed by atoms with Gasteiger partial charge in [-0.2, -0.15) is 0 Å². The Hall–Kier alpha value is -3.06. The lowest BCUT2D eigenvalue weighted by Crippen LogP contribution is -2.26. The van der Waals surface area contributed by atoms with Crippen molar-refractivity contribution < 1.29 is 28.4 Å². The molecule has 0 atom stereocenters. The van der Waals surface area contributed by atoms with Gasteiger partial charge in [0.1, 0.15) is 34.1 Å². The summed E-state index contributed by atoms with van der Waals surface area (Å²) in [4.78, 5) is 0. The van der Waals surface area contributed by atoms with Crippen LogP contribution >= 0.6 is 0 Å². The first kappa shape index (κ1) is 43.7. The number of ether oxygens (including phenoxy) is 6. The predicted octanol–water partition coefficient (Wildman–Crippen LogP) is 12.6. The molecule has 0 unspecified atom stereocenters. The van der Waals surface area contributed by atoms with Crippen molar-refractivity contribution in [2.45, 2.75) is 197 Å². The summed E-state index contributed by atoms with van der Waals surface area (Å²) in [6.07, 6.45) is 0. The van der Waals surface area contributed by atoms with Gasteiger partial charge < -0.3 is 28.4 Å². The van der Waals surface area contributed by atoms with Crippen molar-refractivity contribution in [1.29, 1.82) is 0 Å². The van der Waals surface area contributed by atoms with Crippen molar-refractivity contribution in [2.75, 3.05) is 0 Å². The van der Waals surface area contributed by atoms with Crippen LogP contribution in [0, 0.1) is 0 Å². The molecule has 0 amide bonds. The second kappa shape index (κ2) is 15.8. The summed E-state index contributed by atoms with van der Waals surface area (Å²) in [5.41, 5.74) is 8.00. The molecule has 54 heavy (non-hydrogen) atoms. The molecule has 0 aromatic heterocycles. The third kappa shape index (κ3) is 12.2. The van der Waals surface area contributed by atoms with Gasteiger partial charge in [0.25, 0.3) is 0 Å². The molecular formula is C48H72O6. The van der Waals surface area contributed by atoms with Gasteiger partial charge in [-0.05, 0) is 132 Å². The number of benzene rings is 3. The van der Waals surface area contributed by atoms with Crippen molar-refractivity contribution in [3.05, 3.63) is 86.5 Å². The topological polar surface area (TPSA) is 55.4 Å². The SMILES string of the molecule is CC(C)(C)Oc1c2cc(C(C)(C)C)cc1COCc1cc(C(C)(C)C)cc(c1OC(C)(C)C)COCc1cc(C(C)(C)C)cc(c1OC(C)(C)C)COC2. The number of fused-ring (bicyclic) bond motifs is 6. The maximum Gasteiger partial charge on any atom is 0.131 e. The molecule has 0 radical (unpaired) electrons. The molecule has 6 heteroatoms. The van der Waals surface area contributed by atoms with Gasteiger partial charge in [0, 0.05) is 33.4 Å². The molecule has 1 aliphatic heterocycles. The van der Waals surface area contributed by atoms with Gasteiger partial charge in [-0.1, -0.05) is 62.3 Å². The van der Waals surface area contributed by atoms with Gasteiger partial charge >= 0.3 is 0 Å². The lowest BCUT2D eigenvalue weighted by Gasteiger charge is -2.30. The molecule has 6 bridgehead atoms. The minimum atomic E-state index is -0.433. The van der Waals surface area contributed by atoms with Crippen LogP contribution in [-0.2, 0) is 70.1 Å². The molecule has 0 fully saturated rings. The molecule has 4 rings (SSSR count). The quantitative estimate of drug-likeness (QED) is 0.266. The summed E-state index contributed by atoms with van der Waals surface area (Å²) in [6.45, 7) is 41.2. The fourth-order valence-electron chi connectivity index (χ4n) is 6.33. The zero-order chi connectivity index (χ0) is 40.7. The van der Waals surface area contributed by atoms with E-state index in [-0.39, 0.29) is 16.2 Å². The van der Waals surface area contributed by atoms with E-state index in [1.165, 1.54) is 16.7 Å². The van der Waals surface area contributed by atoms with Gasteiger partial charge in [0.2, 0.25) is 0 Å². The highest BCUT2D eigenvalue weighted by Crippen LogP contribution is 2.40. The minimum absolute atomic E-state index is 0.103. The van der Waals surface area contributed by atoms with E-state index in [2.05, 4.69) is 161 Å². The van der Waals surface area contributed by atoms with Crippen LogP contribution in [0.25, 0.3) is 0 Å². The van der Waals surface area contributed by atoms with Gasteiger partial charge in [-0.15, -0.1) is 0 Å². The summed E-state index contributed by atoms with van der Waals surface area (Å²) in [7, 11) is 0. The fraction of sp³-hybridized carbons (Fsp3) is 0.625. The van der Waals surface area contributed by atoms with E-state index in [0.29, 0.717) is 39.6 Å². The molecule has 0 saturated heterocycles. The third-order valence-electron chi connectivity index (χ3n) is 9.10. The second-order valence-electron chi connectivity index (χ2n) is 21.2. The third-order valence-corrected chi connectivity index (χ3v) is 9.10. The predicted molar refractivity (Wildman–Crippen MR) is 222 cm³/mol. The Morgan fingerprint density at radius 1 is 0.315 bits per heavy atom. The monoisotopic (exact) mass is 745 g/mol. The maximum absolute atomic E-state index is 6.78. The van der Waals surface area contributed by atoms with E-state index in [9.17, 15) is 0 Å². The van der Waals surface area contributed by atoms with Crippen LogP contribution in [0.4, 0.5) is 0 Å². The van der Waals surface area contributed by atoms with Crippen LogP contribution in [0.3, 0.4) is 0 Å². The van der Waals surface area contributed by atoms with E-state index in [1.54, 1.807) is 0 Å². The van der Waals surface area contributed by atoms with Crippen LogP contribution in [0.5, 0.6) is 17.2 Å². The van der Waals surface area contributed by atoms with Gasteiger partial charge in [-0.25, -0.2) is 0 Å². The number of hydrogen-bond acceptors (Lipinski definition) is 6. The minimum Gasteiger partial charge on any atom is -0.487 e. The highest BCUT2D eigenvalue weighted by Gasteiger charge is 2.28. The van der Waals surface area contributed by atoms with Crippen molar-refractivity contribution in [1.82, 2.24) is 0 Å². The Labute approximate surface area is 328 Å². The highest BCUT2D eigenvalue weighted by atomic mass is 16.5. The lowest BCUT2D eigenvalue weighted by atomic mass is 9.84. The maximum atomic E-state index is 6.78. The standard InChI is InChI=1S/C48H72O6/c1-43(2,3)37-19-31-25-49-27-33-21-38(44(4,5)6)23-35(41(33)53-47(13,14)15)29-51-30-36-24-39(45(7,8)9)22-34(42(36)54-48(16,17)18)28-50-26-32(20-37)40(31)52-46(10,11)12/h19-24H,25-30H2,1-18H3. The molecule has 1 heterocycles. The van der Waals surface area contributed by atoms with Gasteiger partial charge in [-0.3, -0.25) is 0 Å². The van der Waals surface area contributed by atoms with Gasteiger partial charge in [0.05, 0.1) is 39.6 Å². The molecule has 3 aromatic rings. The van der Waals surface area contributed by atoms with Crippen molar-refractivity contribution in [3.63, 3.8) is 0 Å². The largest absolute Gasteiger partial charge is 0.487 e. The normalized spacial score (nSPS) is 15.7. The summed E-state index contributed by atoms with van der Waals surface area (Å²) in [6, 6.07) is 13.5. The highest BCUT2D eigenvalue weighted by molar-refractivity contribution is 5.49. The van der Waals surface area contributed by atoms with Crippen molar-refractivity contribution >= 4 is 0 Å². The van der Waals surface area contributed by atoms with Crippen LogP contribution in [-0.4, -0.2) is 16.8 Å². The average molecular weight is 745 g/mol. The van der Waals surface area contributed by atoms with Crippen LogP contribution in [0.2, 0.25) is 0 Å². The molecule has 300 valence electrons. The summed E-state index contributed by atoms with van der Waals surface area (Å²) in [5, 5.41) is 0. The first-order valence-electron chi connectivity index (χ1n) is 19.8. The first-order valence-corrected chi connectivity index (χ1v) is 19.8. The molecular weight excluding hydrogens is 673 g/mol. The fourth-order valence-corrected chi connectivity index (χ4v) is 6.33. The van der Waals surface area contributed by atoms with E-state index in [0.717, 1.165) is 50.6 Å². The van der Waals surface area contributed by atoms with Crippen molar-refractivity contribution in [2.24, 2.45) is 0 Å². The van der Waals surface area contributed by atoms with E-state index in [4.69, 9.17) is 28.4 Å². The molecule has 6 nitrogen and oxygen atoms in total. The molecule has 1 aliphatic rings. The van der Waals surface area contributed by atoms with E-state index >= 15 is 0 Å². The number of rotatable bonds is 3. The van der Waals surface area contributed by atoms with E-state index < -0.39 is 16.8 Å². The summed E-state index contributed by atoms with van der Waals surface area (Å²) < 4.78 is 40.4. The summed E-state index contributed by atoms with van der Waals surface area (Å²) >= 11 is 0. The Kier molecular flexibility index (Phi) is 12.8. The molecule has 0 N–H and O–H groups in total. The average Bonchev–Trinajstić information content (AvgIpc) is 2.96. The Bertz CT molecular complexity index is 1470. The molecule has 0 aliphatic carbocycles. The van der Waals surface area contributed by atoms with Crippen LogP contribution in [0.15, 0.2) is 36.4 Å². The zero-order valence-electron chi connectivity index (χ0n) is 37.2. The van der Waals surface area contributed by atoms with Crippen LogP contribution in [0.1, 0.15) is 175 Å². The van der Waals surface area contributed by atoms with Crippen LogP contribution < -0.4 is 14.2 Å². The second-order valence-corrected chi connectivity index (χ2v) is 21.2.